The predicted molar refractivity (Wildman–Crippen MR) is 101 cm³/mol. The summed E-state index contributed by atoms with van der Waals surface area (Å²) in [5.74, 6) is 0.961. The fourth-order valence-corrected chi connectivity index (χ4v) is 3.99. The van der Waals surface area contributed by atoms with E-state index in [-0.39, 0.29) is 6.03 Å². The van der Waals surface area contributed by atoms with E-state index >= 15 is 0 Å². The minimum atomic E-state index is 0.0296. The average molecular weight is 344 g/mol. The van der Waals surface area contributed by atoms with Gasteiger partial charge in [0.2, 0.25) is 0 Å². The van der Waals surface area contributed by atoms with Crippen molar-refractivity contribution in [3.05, 3.63) is 66.0 Å². The lowest BCUT2D eigenvalue weighted by atomic mass is 10.0. The second-order valence-electron chi connectivity index (χ2n) is 6.87. The number of benzene rings is 2. The van der Waals surface area contributed by atoms with Crippen molar-refractivity contribution < 1.29 is 4.79 Å². The zero-order chi connectivity index (χ0) is 17.5. The van der Waals surface area contributed by atoms with Crippen LogP contribution in [0.5, 0.6) is 0 Å². The maximum Gasteiger partial charge on any atom is 0.317 e. The Balaban J connectivity index is 1.41. The van der Waals surface area contributed by atoms with Gasteiger partial charge in [-0.05, 0) is 34.7 Å². The van der Waals surface area contributed by atoms with Gasteiger partial charge in [-0.3, -0.25) is 0 Å². The second kappa shape index (κ2) is 6.02. The highest BCUT2D eigenvalue weighted by molar-refractivity contribution is 5.79. The maximum absolute atomic E-state index is 11.7. The SMILES string of the molecule is O=C1NCCN1CCn1ccnc1-c1ccc2c(c1)Cc1ccccc1-2. The van der Waals surface area contributed by atoms with E-state index in [2.05, 4.69) is 57.3 Å². The molecule has 0 radical (unpaired) electrons. The maximum atomic E-state index is 11.7. The first-order chi connectivity index (χ1) is 12.8. The van der Waals surface area contributed by atoms with Gasteiger partial charge < -0.3 is 14.8 Å². The van der Waals surface area contributed by atoms with Crippen molar-refractivity contribution in [1.82, 2.24) is 19.8 Å². The quantitative estimate of drug-likeness (QED) is 0.618. The third-order valence-corrected chi connectivity index (χ3v) is 5.32. The van der Waals surface area contributed by atoms with Gasteiger partial charge in [0.05, 0.1) is 0 Å². The van der Waals surface area contributed by atoms with Crippen molar-refractivity contribution >= 4 is 6.03 Å². The zero-order valence-corrected chi connectivity index (χ0v) is 14.5. The molecule has 0 unspecified atom stereocenters. The number of hydrogen-bond donors (Lipinski definition) is 1. The van der Waals surface area contributed by atoms with Crippen LogP contribution in [0.25, 0.3) is 22.5 Å². The van der Waals surface area contributed by atoms with Gasteiger partial charge in [-0.2, -0.15) is 0 Å². The Labute approximate surface area is 152 Å². The Morgan fingerprint density at radius 3 is 2.81 bits per heavy atom. The molecule has 2 heterocycles. The van der Waals surface area contributed by atoms with Crippen molar-refractivity contribution in [3.8, 4) is 22.5 Å². The van der Waals surface area contributed by atoms with Gasteiger partial charge in [-0.15, -0.1) is 0 Å². The third kappa shape index (κ3) is 2.47. The molecule has 1 aliphatic carbocycles. The van der Waals surface area contributed by atoms with Gasteiger partial charge >= 0.3 is 6.03 Å². The summed E-state index contributed by atoms with van der Waals surface area (Å²) < 4.78 is 2.13. The van der Waals surface area contributed by atoms with E-state index in [0.717, 1.165) is 37.4 Å². The summed E-state index contributed by atoms with van der Waals surface area (Å²) in [4.78, 5) is 18.1. The Bertz CT molecular complexity index is 991. The number of rotatable bonds is 4. The van der Waals surface area contributed by atoms with E-state index in [0.29, 0.717) is 6.54 Å². The van der Waals surface area contributed by atoms with Crippen molar-refractivity contribution in [2.45, 2.75) is 13.0 Å². The lowest BCUT2D eigenvalue weighted by molar-refractivity contribution is 0.215. The Kier molecular flexibility index (Phi) is 3.52. The number of urea groups is 1. The average Bonchev–Trinajstić information content (AvgIpc) is 3.37. The highest BCUT2D eigenvalue weighted by Crippen LogP contribution is 2.38. The predicted octanol–water partition coefficient (Wildman–Crippen LogP) is 3.15. The van der Waals surface area contributed by atoms with Gasteiger partial charge in [-0.1, -0.05) is 36.4 Å². The van der Waals surface area contributed by atoms with Crippen LogP contribution < -0.4 is 5.32 Å². The van der Waals surface area contributed by atoms with Gasteiger partial charge in [-0.25, -0.2) is 9.78 Å². The van der Waals surface area contributed by atoms with Crippen LogP contribution in [0.15, 0.2) is 54.9 Å². The van der Waals surface area contributed by atoms with Crippen LogP contribution in [0, 0.1) is 0 Å². The Morgan fingerprint density at radius 2 is 1.92 bits per heavy atom. The number of aromatic nitrogens is 2. The van der Waals surface area contributed by atoms with Gasteiger partial charge in [0.1, 0.15) is 5.82 Å². The van der Waals surface area contributed by atoms with Crippen LogP contribution in [0.3, 0.4) is 0 Å². The minimum absolute atomic E-state index is 0.0296. The molecule has 26 heavy (non-hydrogen) atoms. The largest absolute Gasteiger partial charge is 0.336 e. The van der Waals surface area contributed by atoms with Gasteiger partial charge in [0, 0.05) is 44.1 Å². The lowest BCUT2D eigenvalue weighted by Gasteiger charge is -2.15. The van der Waals surface area contributed by atoms with Crippen molar-refractivity contribution in [2.75, 3.05) is 19.6 Å². The van der Waals surface area contributed by atoms with E-state index in [4.69, 9.17) is 0 Å². The van der Waals surface area contributed by atoms with E-state index in [1.54, 1.807) is 0 Å². The summed E-state index contributed by atoms with van der Waals surface area (Å²) in [6.07, 6.45) is 4.81. The lowest BCUT2D eigenvalue weighted by Crippen LogP contribution is -2.31. The smallest absolute Gasteiger partial charge is 0.317 e. The highest BCUT2D eigenvalue weighted by atomic mass is 16.2. The molecule has 1 aliphatic heterocycles. The monoisotopic (exact) mass is 344 g/mol. The van der Waals surface area contributed by atoms with Crippen LogP contribution in [0.1, 0.15) is 11.1 Å². The van der Waals surface area contributed by atoms with Crippen LogP contribution >= 0.6 is 0 Å². The van der Waals surface area contributed by atoms with E-state index in [9.17, 15) is 4.79 Å². The van der Waals surface area contributed by atoms with Crippen molar-refractivity contribution in [2.24, 2.45) is 0 Å². The Morgan fingerprint density at radius 1 is 1.04 bits per heavy atom. The third-order valence-electron chi connectivity index (χ3n) is 5.32. The zero-order valence-electron chi connectivity index (χ0n) is 14.5. The minimum Gasteiger partial charge on any atom is -0.336 e. The van der Waals surface area contributed by atoms with Crippen molar-refractivity contribution in [3.63, 3.8) is 0 Å². The number of carbonyl (C=O) groups excluding carboxylic acids is 1. The molecule has 130 valence electrons. The normalized spacial score (nSPS) is 15.1. The molecule has 2 amide bonds. The number of carbonyl (C=O) groups is 1. The molecule has 5 heteroatoms. The first-order valence-corrected chi connectivity index (χ1v) is 9.05. The molecule has 5 nitrogen and oxygen atoms in total. The molecule has 1 saturated heterocycles. The summed E-state index contributed by atoms with van der Waals surface area (Å²) >= 11 is 0. The molecule has 2 aliphatic rings. The highest BCUT2D eigenvalue weighted by Gasteiger charge is 2.21. The summed E-state index contributed by atoms with van der Waals surface area (Å²) in [6, 6.07) is 15.3. The molecular formula is C21H20N4O. The molecule has 1 N–H and O–H groups in total. The number of nitrogens with zero attached hydrogens (tertiary/aromatic N) is 3. The van der Waals surface area contributed by atoms with Crippen molar-refractivity contribution in [1.29, 1.82) is 0 Å². The van der Waals surface area contributed by atoms with E-state index in [1.807, 2.05) is 17.3 Å². The summed E-state index contributed by atoms with van der Waals surface area (Å²) in [7, 11) is 0. The van der Waals surface area contributed by atoms with E-state index in [1.165, 1.54) is 22.3 Å². The van der Waals surface area contributed by atoms with Crippen LogP contribution in [0.4, 0.5) is 4.79 Å². The van der Waals surface area contributed by atoms with Crippen LogP contribution in [0.2, 0.25) is 0 Å². The molecule has 0 bridgehead atoms. The standard InChI is InChI=1S/C21H20N4O/c26-21-23-8-10-25(21)12-11-24-9-7-22-20(24)16-5-6-19-17(14-16)13-15-3-1-2-4-18(15)19/h1-7,9,14H,8,10-13H2,(H,23,26). The second-order valence-corrected chi connectivity index (χ2v) is 6.87. The number of amides is 2. The van der Waals surface area contributed by atoms with Gasteiger partial charge in [0.15, 0.2) is 0 Å². The first-order valence-electron chi connectivity index (χ1n) is 9.05. The molecule has 3 aromatic rings. The molecule has 1 aromatic heterocycles. The molecule has 0 spiro atoms. The first kappa shape index (κ1) is 15.2. The molecule has 5 rings (SSSR count). The van der Waals surface area contributed by atoms with E-state index < -0.39 is 0 Å². The molecule has 0 saturated carbocycles. The van der Waals surface area contributed by atoms with Gasteiger partial charge in [0.25, 0.3) is 0 Å². The summed E-state index contributed by atoms with van der Waals surface area (Å²) in [5, 5.41) is 2.85. The fraction of sp³-hybridized carbons (Fsp3) is 0.238. The number of fused-ring (bicyclic) bond motifs is 3. The van der Waals surface area contributed by atoms with Crippen LogP contribution in [-0.4, -0.2) is 40.1 Å². The molecular weight excluding hydrogens is 324 g/mol. The Hall–Kier alpha value is -3.08. The molecule has 0 atom stereocenters. The topological polar surface area (TPSA) is 50.2 Å². The molecule has 2 aromatic carbocycles. The number of imidazole rings is 1. The van der Waals surface area contributed by atoms with Crippen LogP contribution in [-0.2, 0) is 13.0 Å². The summed E-state index contributed by atoms with van der Waals surface area (Å²) in [5.41, 5.74) is 6.56. The fourth-order valence-electron chi connectivity index (χ4n) is 3.99. The summed E-state index contributed by atoms with van der Waals surface area (Å²) in [6.45, 7) is 2.96. The number of nitrogens with one attached hydrogen (secondary N) is 1. The number of hydrogen-bond acceptors (Lipinski definition) is 2. The molecule has 1 fully saturated rings.